The number of para-hydroxylation sites is 1. The molecule has 0 saturated heterocycles. The predicted molar refractivity (Wildman–Crippen MR) is 89.4 cm³/mol. The van der Waals surface area contributed by atoms with Crippen LogP contribution in [0.2, 0.25) is 0 Å². The van der Waals surface area contributed by atoms with E-state index in [0.29, 0.717) is 26.2 Å². The minimum Gasteiger partial charge on any atom is -0.383 e. The van der Waals surface area contributed by atoms with Gasteiger partial charge < -0.3 is 14.2 Å². The van der Waals surface area contributed by atoms with Crippen LogP contribution in [0, 0.1) is 5.82 Å². The first-order chi connectivity index (χ1) is 11.9. The zero-order valence-electron chi connectivity index (χ0n) is 13.6. The Balaban J connectivity index is 1.85. The fraction of sp³-hybridized carbons (Fsp3) is 0.312. The molecule has 1 N–H and O–H groups in total. The molecular weight excluding hydrogens is 349 g/mol. The second-order valence-electron chi connectivity index (χ2n) is 5.62. The molecule has 1 aromatic heterocycles. The normalized spacial score (nSPS) is 14.5. The summed E-state index contributed by atoms with van der Waals surface area (Å²) >= 11 is 0. The molecule has 0 saturated carbocycles. The number of nitrogens with one attached hydrogen (secondary N) is 1. The number of ether oxygens (including phenoxy) is 1. The minimum atomic E-state index is -3.99. The lowest BCUT2D eigenvalue weighted by Crippen LogP contribution is -2.41. The molecule has 0 atom stereocenters. The second kappa shape index (κ2) is 6.85. The summed E-state index contributed by atoms with van der Waals surface area (Å²) in [6, 6.07) is 6.81. The van der Waals surface area contributed by atoms with Crippen molar-refractivity contribution >= 4 is 21.6 Å². The number of hydrogen-bond acceptors (Lipinski definition) is 4. The van der Waals surface area contributed by atoms with E-state index in [1.165, 1.54) is 36.5 Å². The Morgan fingerprint density at radius 2 is 2.04 bits per heavy atom. The van der Waals surface area contributed by atoms with Crippen molar-refractivity contribution in [2.75, 3.05) is 31.5 Å². The smallest absolute Gasteiger partial charge is 0.270 e. The Kier molecular flexibility index (Phi) is 4.78. The molecule has 25 heavy (non-hydrogen) atoms. The van der Waals surface area contributed by atoms with Gasteiger partial charge >= 0.3 is 0 Å². The van der Waals surface area contributed by atoms with Gasteiger partial charge in [-0.2, -0.15) is 0 Å². The summed E-state index contributed by atoms with van der Waals surface area (Å²) in [4.78, 5) is 14.0. The van der Waals surface area contributed by atoms with Gasteiger partial charge in [0, 0.05) is 32.9 Å². The van der Waals surface area contributed by atoms with Crippen LogP contribution in [0.15, 0.2) is 41.4 Å². The fourth-order valence-electron chi connectivity index (χ4n) is 2.65. The van der Waals surface area contributed by atoms with Crippen LogP contribution < -0.4 is 4.72 Å². The van der Waals surface area contributed by atoms with Gasteiger partial charge in [0.15, 0.2) is 0 Å². The number of nitrogens with zero attached hydrogens (tertiary/aromatic N) is 2. The summed E-state index contributed by atoms with van der Waals surface area (Å²) in [5, 5.41) is 0. The molecule has 1 aliphatic rings. The Hall–Kier alpha value is -2.39. The lowest BCUT2D eigenvalue weighted by atomic mass is 10.3. The highest BCUT2D eigenvalue weighted by molar-refractivity contribution is 7.92. The van der Waals surface area contributed by atoms with Gasteiger partial charge in [0.25, 0.3) is 15.9 Å². The molecule has 0 spiro atoms. The monoisotopic (exact) mass is 367 g/mol. The predicted octanol–water partition coefficient (Wildman–Crippen LogP) is 1.53. The van der Waals surface area contributed by atoms with E-state index in [0.717, 1.165) is 0 Å². The van der Waals surface area contributed by atoms with Gasteiger partial charge in [-0.1, -0.05) is 12.1 Å². The van der Waals surface area contributed by atoms with Crippen LogP contribution in [-0.4, -0.2) is 50.6 Å². The molecule has 1 aromatic carbocycles. The number of aromatic nitrogens is 1. The van der Waals surface area contributed by atoms with E-state index in [1.54, 1.807) is 16.6 Å². The zero-order valence-corrected chi connectivity index (χ0v) is 14.4. The van der Waals surface area contributed by atoms with Gasteiger partial charge in [0.2, 0.25) is 0 Å². The number of methoxy groups -OCH3 is 1. The molecule has 0 fully saturated rings. The number of rotatable bonds is 6. The molecule has 0 aliphatic carbocycles. The number of carbonyl (C=O) groups excluding carboxylic acids is 1. The first kappa shape index (κ1) is 17.4. The van der Waals surface area contributed by atoms with E-state index in [2.05, 4.69) is 4.72 Å². The standard InChI is InChI=1S/C16H18FN3O4S/c1-24-9-8-19-6-7-20-11-12(10-15(20)16(19)21)25(22,23)18-14-5-3-2-4-13(14)17/h2-5,10-11,18H,6-9H2,1H3. The molecule has 2 aromatic rings. The van der Waals surface area contributed by atoms with Crippen LogP contribution in [0.5, 0.6) is 0 Å². The maximum atomic E-state index is 13.7. The van der Waals surface area contributed by atoms with Crippen LogP contribution in [0.1, 0.15) is 10.5 Å². The first-order valence-corrected chi connectivity index (χ1v) is 9.16. The lowest BCUT2D eigenvalue weighted by Gasteiger charge is -2.27. The number of fused-ring (bicyclic) bond motifs is 1. The third-order valence-electron chi connectivity index (χ3n) is 3.98. The molecule has 1 amide bonds. The first-order valence-electron chi connectivity index (χ1n) is 7.68. The van der Waals surface area contributed by atoms with E-state index >= 15 is 0 Å². The summed E-state index contributed by atoms with van der Waals surface area (Å²) in [6.07, 6.45) is 1.39. The molecule has 9 heteroatoms. The van der Waals surface area contributed by atoms with Crippen LogP contribution in [0.4, 0.5) is 10.1 Å². The van der Waals surface area contributed by atoms with Gasteiger partial charge in [-0.05, 0) is 18.2 Å². The number of hydrogen-bond donors (Lipinski definition) is 1. The van der Waals surface area contributed by atoms with Crippen molar-refractivity contribution in [1.29, 1.82) is 0 Å². The summed E-state index contributed by atoms with van der Waals surface area (Å²) < 4.78 is 47.5. The van der Waals surface area contributed by atoms with Crippen molar-refractivity contribution in [2.45, 2.75) is 11.4 Å². The van der Waals surface area contributed by atoms with Gasteiger partial charge in [0.1, 0.15) is 16.4 Å². The number of amides is 1. The maximum absolute atomic E-state index is 13.7. The van der Waals surface area contributed by atoms with Crippen molar-refractivity contribution in [1.82, 2.24) is 9.47 Å². The number of carbonyl (C=O) groups is 1. The molecule has 0 bridgehead atoms. The van der Waals surface area contributed by atoms with Gasteiger partial charge in [-0.3, -0.25) is 9.52 Å². The topological polar surface area (TPSA) is 80.6 Å². The number of benzene rings is 1. The maximum Gasteiger partial charge on any atom is 0.270 e. The fourth-order valence-corrected chi connectivity index (χ4v) is 3.75. The van der Waals surface area contributed by atoms with E-state index in [1.807, 2.05) is 0 Å². The largest absolute Gasteiger partial charge is 0.383 e. The van der Waals surface area contributed by atoms with Gasteiger partial charge in [-0.15, -0.1) is 0 Å². The highest BCUT2D eigenvalue weighted by atomic mass is 32.2. The highest BCUT2D eigenvalue weighted by Gasteiger charge is 2.28. The van der Waals surface area contributed by atoms with Crippen LogP contribution in [-0.2, 0) is 21.3 Å². The van der Waals surface area contributed by atoms with Crippen LogP contribution in [0.3, 0.4) is 0 Å². The van der Waals surface area contributed by atoms with E-state index in [9.17, 15) is 17.6 Å². The van der Waals surface area contributed by atoms with E-state index in [-0.39, 0.29) is 22.2 Å². The Labute approximate surface area is 145 Å². The van der Waals surface area contributed by atoms with E-state index < -0.39 is 15.8 Å². The van der Waals surface area contributed by atoms with Crippen molar-refractivity contribution in [3.63, 3.8) is 0 Å². The van der Waals surface area contributed by atoms with Gasteiger partial charge in [0.05, 0.1) is 12.3 Å². The third-order valence-corrected chi connectivity index (χ3v) is 5.31. The minimum absolute atomic E-state index is 0.0762. The molecular formula is C16H18FN3O4S. The second-order valence-corrected chi connectivity index (χ2v) is 7.31. The molecule has 3 rings (SSSR count). The molecule has 7 nitrogen and oxygen atoms in total. The van der Waals surface area contributed by atoms with E-state index in [4.69, 9.17) is 4.74 Å². The van der Waals surface area contributed by atoms with Crippen LogP contribution >= 0.6 is 0 Å². The summed E-state index contributed by atoms with van der Waals surface area (Å²) in [5.74, 6) is -0.924. The average Bonchev–Trinajstić information content (AvgIpc) is 3.02. The summed E-state index contributed by atoms with van der Waals surface area (Å²) in [6.45, 7) is 1.81. The SMILES string of the molecule is COCCN1CCn2cc(S(=O)(=O)Nc3ccccc3F)cc2C1=O. The summed E-state index contributed by atoms with van der Waals surface area (Å²) in [5.41, 5.74) is 0.149. The molecule has 134 valence electrons. The molecule has 1 aliphatic heterocycles. The van der Waals surface area contributed by atoms with Crippen molar-refractivity contribution in [3.8, 4) is 0 Å². The van der Waals surface area contributed by atoms with Gasteiger partial charge in [-0.25, -0.2) is 12.8 Å². The number of halogens is 1. The van der Waals surface area contributed by atoms with Crippen molar-refractivity contribution in [2.24, 2.45) is 0 Å². The summed E-state index contributed by atoms with van der Waals surface area (Å²) in [7, 11) is -2.44. The van der Waals surface area contributed by atoms with Crippen LogP contribution in [0.25, 0.3) is 0 Å². The van der Waals surface area contributed by atoms with Crippen molar-refractivity contribution in [3.05, 3.63) is 48.0 Å². The molecule has 2 heterocycles. The van der Waals surface area contributed by atoms with Crippen molar-refractivity contribution < 1.29 is 22.3 Å². The molecule has 0 unspecified atom stereocenters. The zero-order chi connectivity index (χ0) is 18.0. The average molecular weight is 367 g/mol. The lowest BCUT2D eigenvalue weighted by molar-refractivity contribution is 0.0641. The number of sulfonamides is 1. The Morgan fingerprint density at radius 1 is 1.28 bits per heavy atom. The Morgan fingerprint density at radius 3 is 2.76 bits per heavy atom. The highest BCUT2D eigenvalue weighted by Crippen LogP contribution is 2.23. The molecule has 0 radical (unpaired) electrons. The Bertz CT molecular complexity index is 895. The number of anilines is 1. The quantitative estimate of drug-likeness (QED) is 0.840. The third kappa shape index (κ3) is 3.52.